The summed E-state index contributed by atoms with van der Waals surface area (Å²) in [6.45, 7) is 1.30. The number of hydrogen-bond acceptors (Lipinski definition) is 6. The number of hydrogen-bond donors (Lipinski definition) is 1. The summed E-state index contributed by atoms with van der Waals surface area (Å²) in [5, 5.41) is 6.30. The van der Waals surface area contributed by atoms with Crippen molar-refractivity contribution in [1.29, 1.82) is 0 Å². The van der Waals surface area contributed by atoms with Crippen molar-refractivity contribution in [3.05, 3.63) is 51.6 Å². The van der Waals surface area contributed by atoms with E-state index in [1.807, 2.05) is 30.3 Å². The van der Waals surface area contributed by atoms with Gasteiger partial charge < -0.3 is 10.1 Å². The van der Waals surface area contributed by atoms with Crippen LogP contribution in [0.4, 0.5) is 0 Å². The minimum absolute atomic E-state index is 0.0448. The molecule has 2 aromatic heterocycles. The third-order valence-electron chi connectivity index (χ3n) is 5.52. The number of para-hydroxylation sites is 1. The fourth-order valence-electron chi connectivity index (χ4n) is 3.80. The van der Waals surface area contributed by atoms with E-state index in [4.69, 9.17) is 9.72 Å². The Hall–Kier alpha value is -2.16. The van der Waals surface area contributed by atoms with E-state index in [1.54, 1.807) is 4.57 Å². The Labute approximate surface area is 182 Å². The first-order valence-electron chi connectivity index (χ1n) is 10.3. The average Bonchev–Trinajstić information content (AvgIpc) is 3.30. The number of benzene rings is 1. The Morgan fingerprint density at radius 1 is 1.27 bits per heavy atom. The molecule has 6 nitrogen and oxygen atoms in total. The van der Waals surface area contributed by atoms with Gasteiger partial charge in [0, 0.05) is 13.2 Å². The predicted octanol–water partition coefficient (Wildman–Crippen LogP) is 3.71. The molecule has 30 heavy (non-hydrogen) atoms. The van der Waals surface area contributed by atoms with Crippen LogP contribution in [0.1, 0.15) is 37.2 Å². The van der Waals surface area contributed by atoms with Gasteiger partial charge in [0.1, 0.15) is 4.83 Å². The molecule has 1 aliphatic carbocycles. The van der Waals surface area contributed by atoms with E-state index < -0.39 is 0 Å². The Morgan fingerprint density at radius 2 is 2.10 bits per heavy atom. The van der Waals surface area contributed by atoms with Gasteiger partial charge in [-0.2, -0.15) is 0 Å². The zero-order chi connectivity index (χ0) is 20.5. The summed E-state index contributed by atoms with van der Waals surface area (Å²) in [6, 6.07) is 9.54. The lowest BCUT2D eigenvalue weighted by molar-refractivity contribution is -0.119. The molecule has 3 heterocycles. The number of aromatic nitrogens is 2. The molecule has 1 aromatic carbocycles. The van der Waals surface area contributed by atoms with Gasteiger partial charge in [-0.25, -0.2) is 4.98 Å². The third-order valence-corrected chi connectivity index (χ3v) is 7.35. The predicted molar refractivity (Wildman–Crippen MR) is 120 cm³/mol. The maximum absolute atomic E-state index is 13.5. The number of nitrogens with one attached hydrogen (secondary N) is 1. The van der Waals surface area contributed by atoms with Crippen LogP contribution in [0, 0.1) is 0 Å². The molecule has 5 rings (SSSR count). The molecule has 0 bridgehead atoms. The summed E-state index contributed by atoms with van der Waals surface area (Å²) in [5.74, 6) is 0.618. The van der Waals surface area contributed by atoms with Gasteiger partial charge in [-0.15, -0.1) is 11.3 Å². The van der Waals surface area contributed by atoms with E-state index in [-0.39, 0.29) is 23.3 Å². The molecule has 1 saturated heterocycles. The van der Waals surface area contributed by atoms with Crippen LogP contribution in [0.2, 0.25) is 0 Å². The molecule has 1 amide bonds. The zero-order valence-corrected chi connectivity index (χ0v) is 18.1. The second-order valence-electron chi connectivity index (χ2n) is 7.74. The summed E-state index contributed by atoms with van der Waals surface area (Å²) in [5.41, 5.74) is 1.85. The van der Waals surface area contributed by atoms with Crippen LogP contribution in [-0.4, -0.2) is 40.5 Å². The molecule has 1 aliphatic heterocycles. The Balaban J connectivity index is 1.43. The molecule has 1 N–H and O–H groups in total. The van der Waals surface area contributed by atoms with E-state index in [2.05, 4.69) is 10.7 Å². The highest BCUT2D eigenvalue weighted by Gasteiger charge is 2.29. The maximum atomic E-state index is 13.5. The molecular weight excluding hydrogens is 418 g/mol. The Morgan fingerprint density at radius 3 is 2.83 bits per heavy atom. The molecule has 8 heteroatoms. The molecule has 0 unspecified atom stereocenters. The van der Waals surface area contributed by atoms with Crippen LogP contribution in [0.3, 0.4) is 0 Å². The van der Waals surface area contributed by atoms with E-state index in [9.17, 15) is 9.59 Å². The van der Waals surface area contributed by atoms with Gasteiger partial charge in [-0.1, -0.05) is 30.0 Å². The number of carbonyl (C=O) groups is 1. The third kappa shape index (κ3) is 4.04. The molecule has 1 atom stereocenters. The van der Waals surface area contributed by atoms with E-state index in [0.29, 0.717) is 17.6 Å². The van der Waals surface area contributed by atoms with Crippen LogP contribution >= 0.6 is 23.1 Å². The first-order valence-corrected chi connectivity index (χ1v) is 12.2. The molecule has 0 spiro atoms. The zero-order valence-electron chi connectivity index (χ0n) is 16.5. The first-order chi connectivity index (χ1) is 14.7. The van der Waals surface area contributed by atoms with E-state index in [0.717, 1.165) is 53.8 Å². The Kier molecular flexibility index (Phi) is 5.62. The SMILES string of the molecule is O=C(CSc1nc2scc(C3CC3)c2c(=O)n1-c1ccccc1)NC[C@H]1CCCO1. The average molecular weight is 442 g/mol. The highest BCUT2D eigenvalue weighted by molar-refractivity contribution is 7.99. The fraction of sp³-hybridized carbons (Fsp3) is 0.409. The molecule has 156 valence electrons. The quantitative estimate of drug-likeness (QED) is 0.447. The number of carbonyl (C=O) groups excluding carboxylic acids is 1. The highest BCUT2D eigenvalue weighted by atomic mass is 32.2. The van der Waals surface area contributed by atoms with Gasteiger partial charge in [0.25, 0.3) is 5.56 Å². The van der Waals surface area contributed by atoms with E-state index >= 15 is 0 Å². The van der Waals surface area contributed by atoms with Crippen LogP contribution in [0.25, 0.3) is 15.9 Å². The van der Waals surface area contributed by atoms with Crippen molar-refractivity contribution in [2.75, 3.05) is 18.9 Å². The number of thiophene rings is 1. The van der Waals surface area contributed by atoms with Crippen molar-refractivity contribution in [3.63, 3.8) is 0 Å². The minimum atomic E-state index is -0.0747. The number of rotatable bonds is 7. The van der Waals surface area contributed by atoms with Gasteiger partial charge in [0.2, 0.25) is 5.91 Å². The monoisotopic (exact) mass is 441 g/mol. The molecule has 2 fully saturated rings. The van der Waals surface area contributed by atoms with Gasteiger partial charge in [0.15, 0.2) is 5.16 Å². The fourth-order valence-corrected chi connectivity index (χ4v) is 5.71. The van der Waals surface area contributed by atoms with Crippen molar-refractivity contribution >= 4 is 39.2 Å². The number of amides is 1. The second kappa shape index (κ2) is 8.53. The summed E-state index contributed by atoms with van der Waals surface area (Å²) in [4.78, 5) is 31.4. The first kappa shape index (κ1) is 19.8. The van der Waals surface area contributed by atoms with Crippen LogP contribution in [0.5, 0.6) is 0 Å². The maximum Gasteiger partial charge on any atom is 0.267 e. The summed E-state index contributed by atoms with van der Waals surface area (Å²) < 4.78 is 7.21. The lowest BCUT2D eigenvalue weighted by Crippen LogP contribution is -2.33. The second-order valence-corrected chi connectivity index (χ2v) is 9.54. The standard InChI is InChI=1S/C22H23N3O3S2/c26-18(23-11-16-7-4-10-28-16)13-30-22-24-20-19(17(12-29-20)14-8-9-14)21(27)25(22)15-5-2-1-3-6-15/h1-3,5-6,12,14,16H,4,7-11,13H2,(H,23,26)/t16-/m1/s1. The van der Waals surface area contributed by atoms with Crippen LogP contribution < -0.4 is 10.9 Å². The Bertz CT molecular complexity index is 1120. The lowest BCUT2D eigenvalue weighted by atomic mass is 10.1. The van der Waals surface area contributed by atoms with Crippen molar-refractivity contribution in [1.82, 2.24) is 14.9 Å². The summed E-state index contributed by atoms with van der Waals surface area (Å²) in [6.07, 6.45) is 4.42. The van der Waals surface area contributed by atoms with Gasteiger partial charge in [-0.3, -0.25) is 14.2 Å². The number of ether oxygens (including phenoxy) is 1. The number of nitrogens with zero attached hydrogens (tertiary/aromatic N) is 2. The number of thioether (sulfide) groups is 1. The van der Waals surface area contributed by atoms with Crippen molar-refractivity contribution < 1.29 is 9.53 Å². The van der Waals surface area contributed by atoms with Gasteiger partial charge in [-0.05, 0) is 54.7 Å². The summed E-state index contributed by atoms with van der Waals surface area (Å²) in [7, 11) is 0. The molecular formula is C22H23N3O3S2. The molecule has 2 aliphatic rings. The largest absolute Gasteiger partial charge is 0.376 e. The van der Waals surface area contributed by atoms with Gasteiger partial charge >= 0.3 is 0 Å². The van der Waals surface area contributed by atoms with Gasteiger partial charge in [0.05, 0.1) is 22.9 Å². The smallest absolute Gasteiger partial charge is 0.267 e. The van der Waals surface area contributed by atoms with Crippen LogP contribution in [-0.2, 0) is 9.53 Å². The van der Waals surface area contributed by atoms with Crippen molar-refractivity contribution in [2.45, 2.75) is 42.9 Å². The molecule has 1 saturated carbocycles. The van der Waals surface area contributed by atoms with Crippen LogP contribution in [0.15, 0.2) is 45.7 Å². The minimum Gasteiger partial charge on any atom is -0.376 e. The topological polar surface area (TPSA) is 73.2 Å². The lowest BCUT2D eigenvalue weighted by Gasteiger charge is -2.13. The normalized spacial score (nSPS) is 18.7. The summed E-state index contributed by atoms with van der Waals surface area (Å²) >= 11 is 2.82. The molecule has 0 radical (unpaired) electrons. The number of fused-ring (bicyclic) bond motifs is 1. The van der Waals surface area contributed by atoms with Crippen molar-refractivity contribution in [3.8, 4) is 5.69 Å². The highest BCUT2D eigenvalue weighted by Crippen LogP contribution is 2.44. The van der Waals surface area contributed by atoms with E-state index in [1.165, 1.54) is 23.1 Å². The van der Waals surface area contributed by atoms with Crippen molar-refractivity contribution in [2.24, 2.45) is 0 Å². The molecule has 3 aromatic rings.